The molecular weight excluding hydrogens is 255 g/mol. The van der Waals surface area contributed by atoms with Gasteiger partial charge in [-0.15, -0.1) is 0 Å². The lowest BCUT2D eigenvalue weighted by molar-refractivity contribution is -0.129. The number of amides is 3. The van der Waals surface area contributed by atoms with Crippen LogP contribution < -0.4 is 15.4 Å². The summed E-state index contributed by atoms with van der Waals surface area (Å²) >= 11 is 0. The van der Waals surface area contributed by atoms with Crippen molar-refractivity contribution < 1.29 is 23.5 Å². The summed E-state index contributed by atoms with van der Waals surface area (Å²) in [7, 11) is 0. The fraction of sp³-hybridized carbons (Fsp3) is 0.250. The maximum Gasteiger partial charge on any atom is 0.258 e. The quantitative estimate of drug-likeness (QED) is 0.735. The van der Waals surface area contributed by atoms with Gasteiger partial charge in [-0.25, -0.2) is 4.39 Å². The monoisotopic (exact) mass is 266 g/mol. The molecule has 0 bridgehead atoms. The SMILES string of the molecule is O=C1CC(NC(=O)COc2ccc(F)cc2)C(=O)N1. The highest BCUT2D eigenvalue weighted by Crippen LogP contribution is 2.10. The highest BCUT2D eigenvalue weighted by Gasteiger charge is 2.31. The molecule has 19 heavy (non-hydrogen) atoms. The summed E-state index contributed by atoms with van der Waals surface area (Å²) in [6.07, 6.45) is -0.0683. The van der Waals surface area contributed by atoms with Gasteiger partial charge in [-0.05, 0) is 24.3 Å². The predicted molar refractivity (Wildman–Crippen MR) is 61.6 cm³/mol. The number of halogens is 1. The highest BCUT2D eigenvalue weighted by molar-refractivity contribution is 6.06. The first-order valence-corrected chi connectivity index (χ1v) is 5.56. The maximum absolute atomic E-state index is 12.6. The van der Waals surface area contributed by atoms with Crippen LogP contribution in [0.2, 0.25) is 0 Å². The molecule has 1 saturated heterocycles. The summed E-state index contributed by atoms with van der Waals surface area (Å²) in [5.74, 6) is -1.55. The van der Waals surface area contributed by atoms with Gasteiger partial charge >= 0.3 is 0 Å². The Bertz CT molecular complexity index is 515. The third kappa shape index (κ3) is 3.51. The van der Waals surface area contributed by atoms with E-state index in [1.807, 2.05) is 0 Å². The molecule has 3 amide bonds. The van der Waals surface area contributed by atoms with E-state index in [-0.39, 0.29) is 13.0 Å². The molecule has 1 unspecified atom stereocenters. The van der Waals surface area contributed by atoms with E-state index in [2.05, 4.69) is 10.6 Å². The van der Waals surface area contributed by atoms with Gasteiger partial charge in [0.25, 0.3) is 5.91 Å². The molecule has 100 valence electrons. The van der Waals surface area contributed by atoms with Crippen LogP contribution in [0.3, 0.4) is 0 Å². The van der Waals surface area contributed by atoms with Crippen molar-refractivity contribution in [3.8, 4) is 5.75 Å². The number of hydrogen-bond acceptors (Lipinski definition) is 4. The van der Waals surface area contributed by atoms with Crippen LogP contribution in [0.5, 0.6) is 5.75 Å². The summed E-state index contributed by atoms with van der Waals surface area (Å²) in [5.41, 5.74) is 0. The molecule has 6 nitrogen and oxygen atoms in total. The van der Waals surface area contributed by atoms with Crippen LogP contribution >= 0.6 is 0 Å². The maximum atomic E-state index is 12.6. The average Bonchev–Trinajstić information content (AvgIpc) is 2.67. The van der Waals surface area contributed by atoms with Crippen molar-refractivity contribution in [2.75, 3.05) is 6.61 Å². The molecule has 0 aromatic heterocycles. The molecule has 0 aliphatic carbocycles. The van der Waals surface area contributed by atoms with E-state index >= 15 is 0 Å². The highest BCUT2D eigenvalue weighted by atomic mass is 19.1. The van der Waals surface area contributed by atoms with E-state index in [9.17, 15) is 18.8 Å². The predicted octanol–water partition coefficient (Wildman–Crippen LogP) is -0.264. The Morgan fingerprint density at radius 3 is 2.63 bits per heavy atom. The molecule has 1 aliphatic rings. The van der Waals surface area contributed by atoms with Gasteiger partial charge in [0.2, 0.25) is 11.8 Å². The van der Waals surface area contributed by atoms with Crippen LogP contribution in [0.15, 0.2) is 24.3 Å². The van der Waals surface area contributed by atoms with Crippen molar-refractivity contribution in [3.63, 3.8) is 0 Å². The molecule has 1 fully saturated rings. The summed E-state index contributed by atoms with van der Waals surface area (Å²) in [5, 5.41) is 4.45. The summed E-state index contributed by atoms with van der Waals surface area (Å²) in [6, 6.07) is 4.33. The third-order valence-electron chi connectivity index (χ3n) is 2.49. The molecule has 7 heteroatoms. The van der Waals surface area contributed by atoms with Crippen LogP contribution in [0.1, 0.15) is 6.42 Å². The van der Waals surface area contributed by atoms with E-state index in [0.717, 1.165) is 0 Å². The molecule has 0 saturated carbocycles. The van der Waals surface area contributed by atoms with Crippen molar-refractivity contribution in [1.29, 1.82) is 0 Å². The van der Waals surface area contributed by atoms with Crippen molar-refractivity contribution in [2.45, 2.75) is 12.5 Å². The lowest BCUT2D eigenvalue weighted by Crippen LogP contribution is -2.42. The number of nitrogens with one attached hydrogen (secondary N) is 2. The van der Waals surface area contributed by atoms with Gasteiger partial charge in [0.15, 0.2) is 6.61 Å². The van der Waals surface area contributed by atoms with Gasteiger partial charge in [0.05, 0.1) is 6.42 Å². The molecule has 1 heterocycles. The van der Waals surface area contributed by atoms with Crippen molar-refractivity contribution in [3.05, 3.63) is 30.1 Å². The number of carbonyl (C=O) groups is 3. The molecule has 1 aliphatic heterocycles. The van der Waals surface area contributed by atoms with Gasteiger partial charge in [-0.2, -0.15) is 0 Å². The molecule has 0 spiro atoms. The second kappa shape index (κ2) is 5.47. The normalized spacial score (nSPS) is 18.1. The Labute approximate surface area is 107 Å². The first-order chi connectivity index (χ1) is 9.04. The number of benzene rings is 1. The number of rotatable bonds is 4. The molecule has 1 aromatic carbocycles. The van der Waals surface area contributed by atoms with E-state index in [1.54, 1.807) is 0 Å². The fourth-order valence-corrected chi connectivity index (χ4v) is 1.59. The van der Waals surface area contributed by atoms with Crippen LogP contribution in [-0.4, -0.2) is 30.4 Å². The van der Waals surface area contributed by atoms with E-state index in [0.29, 0.717) is 5.75 Å². The number of ether oxygens (including phenoxy) is 1. The van der Waals surface area contributed by atoms with Crippen LogP contribution in [0.4, 0.5) is 4.39 Å². The minimum atomic E-state index is -0.850. The average molecular weight is 266 g/mol. The van der Waals surface area contributed by atoms with E-state index < -0.39 is 29.6 Å². The Hall–Kier alpha value is -2.44. The van der Waals surface area contributed by atoms with Crippen LogP contribution in [-0.2, 0) is 14.4 Å². The molecule has 0 radical (unpaired) electrons. The fourth-order valence-electron chi connectivity index (χ4n) is 1.59. The Balaban J connectivity index is 1.80. The smallest absolute Gasteiger partial charge is 0.258 e. The van der Waals surface area contributed by atoms with E-state index in [1.165, 1.54) is 24.3 Å². The Morgan fingerprint density at radius 1 is 1.37 bits per heavy atom. The standard InChI is InChI=1S/C12H11FN2O4/c13-7-1-3-8(4-2-7)19-6-11(17)14-9-5-10(16)15-12(9)18/h1-4,9H,5-6H2,(H,14,17)(H,15,16,18). The van der Waals surface area contributed by atoms with Gasteiger partial charge in [0, 0.05) is 0 Å². The Kier molecular flexibility index (Phi) is 3.74. The van der Waals surface area contributed by atoms with Crippen molar-refractivity contribution in [2.24, 2.45) is 0 Å². The zero-order valence-corrected chi connectivity index (χ0v) is 9.81. The Morgan fingerprint density at radius 2 is 2.05 bits per heavy atom. The second-order valence-corrected chi connectivity index (χ2v) is 3.98. The van der Waals surface area contributed by atoms with E-state index in [4.69, 9.17) is 4.74 Å². The summed E-state index contributed by atoms with van der Waals surface area (Å²) in [6.45, 7) is -0.316. The van der Waals surface area contributed by atoms with Gasteiger partial charge in [-0.1, -0.05) is 0 Å². The largest absolute Gasteiger partial charge is 0.484 e. The van der Waals surface area contributed by atoms with Crippen LogP contribution in [0.25, 0.3) is 0 Å². The van der Waals surface area contributed by atoms with Gasteiger partial charge < -0.3 is 10.1 Å². The van der Waals surface area contributed by atoms with Gasteiger partial charge in [-0.3, -0.25) is 19.7 Å². The lowest BCUT2D eigenvalue weighted by Gasteiger charge is -2.10. The van der Waals surface area contributed by atoms with Crippen LogP contribution in [0, 0.1) is 5.82 Å². The van der Waals surface area contributed by atoms with Crippen molar-refractivity contribution >= 4 is 17.7 Å². The molecule has 2 N–H and O–H groups in total. The lowest BCUT2D eigenvalue weighted by atomic mass is 10.2. The first-order valence-electron chi connectivity index (χ1n) is 5.56. The number of imide groups is 1. The topological polar surface area (TPSA) is 84.5 Å². The zero-order valence-electron chi connectivity index (χ0n) is 9.81. The molecule has 2 rings (SSSR count). The third-order valence-corrected chi connectivity index (χ3v) is 2.49. The summed E-state index contributed by atoms with van der Waals surface area (Å²) < 4.78 is 17.7. The number of hydrogen-bond donors (Lipinski definition) is 2. The zero-order chi connectivity index (χ0) is 13.8. The van der Waals surface area contributed by atoms with Crippen molar-refractivity contribution in [1.82, 2.24) is 10.6 Å². The van der Waals surface area contributed by atoms with Gasteiger partial charge in [0.1, 0.15) is 17.6 Å². The minimum absolute atomic E-state index is 0.0683. The molecular formula is C12H11FN2O4. The number of carbonyl (C=O) groups excluding carboxylic acids is 3. The molecule has 1 aromatic rings. The molecule has 1 atom stereocenters. The minimum Gasteiger partial charge on any atom is -0.484 e. The first kappa shape index (κ1) is 13.0. The summed E-state index contributed by atoms with van der Waals surface area (Å²) in [4.78, 5) is 33.6. The second-order valence-electron chi connectivity index (χ2n) is 3.98.